The van der Waals surface area contributed by atoms with E-state index in [4.69, 9.17) is 0 Å². The molecule has 7 heteroatoms. The Morgan fingerprint density at radius 3 is 2.00 bits per heavy atom. The largest absolute Gasteiger partial charge is 0.435 e. The SMILES string of the molecule is FC(F)(F)c1nsc(Br)c1Br. The first-order chi connectivity index (χ1) is 4.93. The third kappa shape index (κ3) is 1.94. The molecular formula is C4Br2F3NS. The van der Waals surface area contributed by atoms with E-state index >= 15 is 0 Å². The molecule has 0 saturated heterocycles. The number of hydrogen-bond acceptors (Lipinski definition) is 2. The fourth-order valence-corrected chi connectivity index (χ4v) is 2.03. The lowest BCUT2D eigenvalue weighted by Gasteiger charge is -2.00. The molecule has 11 heavy (non-hydrogen) atoms. The second kappa shape index (κ2) is 3.02. The summed E-state index contributed by atoms with van der Waals surface area (Å²) in [5.41, 5.74) is -0.880. The molecule has 0 unspecified atom stereocenters. The van der Waals surface area contributed by atoms with Crippen molar-refractivity contribution in [3.8, 4) is 0 Å². The van der Waals surface area contributed by atoms with Crippen LogP contribution >= 0.6 is 43.4 Å². The summed E-state index contributed by atoms with van der Waals surface area (Å²) in [7, 11) is 0. The second-order valence-corrected chi connectivity index (χ2v) is 4.50. The van der Waals surface area contributed by atoms with Gasteiger partial charge in [0.25, 0.3) is 0 Å². The summed E-state index contributed by atoms with van der Waals surface area (Å²) in [4.78, 5) is 0. The fourth-order valence-electron chi connectivity index (χ4n) is 0.435. The van der Waals surface area contributed by atoms with Crippen LogP contribution in [0.3, 0.4) is 0 Å². The number of alkyl halides is 3. The van der Waals surface area contributed by atoms with Gasteiger partial charge in [-0.2, -0.15) is 17.5 Å². The summed E-state index contributed by atoms with van der Waals surface area (Å²) in [5.74, 6) is 0. The Labute approximate surface area is 81.0 Å². The highest BCUT2D eigenvalue weighted by Crippen LogP contribution is 2.39. The quantitative estimate of drug-likeness (QED) is 0.712. The van der Waals surface area contributed by atoms with Crippen molar-refractivity contribution in [3.63, 3.8) is 0 Å². The molecule has 1 rings (SSSR count). The van der Waals surface area contributed by atoms with Crippen LogP contribution in [0.1, 0.15) is 5.69 Å². The topological polar surface area (TPSA) is 12.9 Å². The number of rotatable bonds is 0. The molecule has 0 aliphatic heterocycles. The first-order valence-corrected chi connectivity index (χ1v) is 4.66. The van der Waals surface area contributed by atoms with Gasteiger partial charge in [-0.3, -0.25) is 0 Å². The molecule has 0 saturated carbocycles. The maximum absolute atomic E-state index is 12.0. The standard InChI is InChI=1S/C4Br2F3NS/c5-1-2(4(7,8)9)10-11-3(1)6. The molecule has 0 radical (unpaired) electrons. The van der Waals surface area contributed by atoms with Crippen LogP contribution in [0.2, 0.25) is 0 Å². The summed E-state index contributed by atoms with van der Waals surface area (Å²) in [6.45, 7) is 0. The molecule has 0 aliphatic carbocycles. The lowest BCUT2D eigenvalue weighted by Crippen LogP contribution is -2.05. The molecular weight excluding hydrogens is 311 g/mol. The highest BCUT2D eigenvalue weighted by atomic mass is 79.9. The van der Waals surface area contributed by atoms with E-state index in [0.717, 1.165) is 11.5 Å². The van der Waals surface area contributed by atoms with Crippen molar-refractivity contribution in [1.82, 2.24) is 4.37 Å². The average Bonchev–Trinajstić information content (AvgIpc) is 2.11. The lowest BCUT2D eigenvalue weighted by molar-refractivity contribution is -0.141. The second-order valence-electron chi connectivity index (χ2n) is 1.62. The van der Waals surface area contributed by atoms with E-state index < -0.39 is 11.9 Å². The third-order valence-corrected chi connectivity index (χ3v) is 3.90. The third-order valence-electron chi connectivity index (χ3n) is 0.866. The highest BCUT2D eigenvalue weighted by molar-refractivity contribution is 9.13. The Bertz CT molecular complexity index is 269. The van der Waals surface area contributed by atoms with E-state index in [1.165, 1.54) is 0 Å². The minimum atomic E-state index is -4.37. The van der Waals surface area contributed by atoms with E-state index in [-0.39, 0.29) is 4.47 Å². The minimum Gasteiger partial charge on any atom is -0.186 e. The Balaban J connectivity index is 3.15. The van der Waals surface area contributed by atoms with Crippen molar-refractivity contribution in [2.45, 2.75) is 6.18 Å². The molecule has 1 nitrogen and oxygen atoms in total. The predicted molar refractivity (Wildman–Crippen MR) is 42.5 cm³/mol. The van der Waals surface area contributed by atoms with Crippen LogP contribution in [-0.2, 0) is 6.18 Å². The fraction of sp³-hybridized carbons (Fsp3) is 0.250. The predicted octanol–water partition coefficient (Wildman–Crippen LogP) is 3.69. The van der Waals surface area contributed by atoms with Crippen molar-refractivity contribution < 1.29 is 13.2 Å². The Kier molecular flexibility index (Phi) is 2.60. The van der Waals surface area contributed by atoms with Crippen molar-refractivity contribution in [2.75, 3.05) is 0 Å². The van der Waals surface area contributed by atoms with Crippen LogP contribution in [0.25, 0.3) is 0 Å². The lowest BCUT2D eigenvalue weighted by atomic mass is 10.4. The van der Waals surface area contributed by atoms with Gasteiger partial charge in [0.1, 0.15) is 3.79 Å². The van der Waals surface area contributed by atoms with E-state index in [1.54, 1.807) is 0 Å². The van der Waals surface area contributed by atoms with Gasteiger partial charge in [-0.05, 0) is 43.4 Å². The molecule has 0 bridgehead atoms. The van der Waals surface area contributed by atoms with Crippen molar-refractivity contribution in [3.05, 3.63) is 14.0 Å². The van der Waals surface area contributed by atoms with Crippen LogP contribution in [0, 0.1) is 0 Å². The van der Waals surface area contributed by atoms with Crippen LogP contribution in [0.4, 0.5) is 13.2 Å². The molecule has 0 fully saturated rings. The summed E-state index contributed by atoms with van der Waals surface area (Å²) in [5, 5.41) is 0. The Morgan fingerprint density at radius 1 is 1.27 bits per heavy atom. The molecule has 1 heterocycles. The highest BCUT2D eigenvalue weighted by Gasteiger charge is 2.36. The summed E-state index contributed by atoms with van der Waals surface area (Å²) < 4.78 is 39.4. The molecule has 1 aromatic rings. The van der Waals surface area contributed by atoms with Gasteiger partial charge in [0.2, 0.25) is 0 Å². The molecule has 0 N–H and O–H groups in total. The van der Waals surface area contributed by atoms with Crippen molar-refractivity contribution >= 4 is 43.4 Å². The average molecular weight is 311 g/mol. The zero-order valence-electron chi connectivity index (χ0n) is 4.75. The summed E-state index contributed by atoms with van der Waals surface area (Å²) in [6, 6.07) is 0. The first kappa shape index (κ1) is 9.47. The zero-order valence-corrected chi connectivity index (χ0v) is 8.73. The Hall–Kier alpha value is 0.380. The Morgan fingerprint density at radius 2 is 1.82 bits per heavy atom. The number of halogens is 5. The van der Waals surface area contributed by atoms with Gasteiger partial charge in [0, 0.05) is 0 Å². The number of hydrogen-bond donors (Lipinski definition) is 0. The van der Waals surface area contributed by atoms with Gasteiger partial charge in [0.05, 0.1) is 4.47 Å². The van der Waals surface area contributed by atoms with Gasteiger partial charge < -0.3 is 0 Å². The van der Waals surface area contributed by atoms with Crippen LogP contribution < -0.4 is 0 Å². The van der Waals surface area contributed by atoms with Crippen molar-refractivity contribution in [1.29, 1.82) is 0 Å². The summed E-state index contributed by atoms with van der Waals surface area (Å²) in [6.07, 6.45) is -4.37. The van der Waals surface area contributed by atoms with Crippen LogP contribution in [-0.4, -0.2) is 4.37 Å². The molecule has 0 amide bonds. The molecule has 62 valence electrons. The monoisotopic (exact) mass is 309 g/mol. The molecule has 0 atom stereocenters. The number of aromatic nitrogens is 1. The van der Waals surface area contributed by atoms with E-state index in [0.29, 0.717) is 3.79 Å². The maximum atomic E-state index is 12.0. The van der Waals surface area contributed by atoms with Gasteiger partial charge in [0.15, 0.2) is 5.69 Å². The van der Waals surface area contributed by atoms with Gasteiger partial charge in [-0.15, -0.1) is 0 Å². The van der Waals surface area contributed by atoms with E-state index in [2.05, 4.69) is 36.2 Å². The molecule has 0 spiro atoms. The van der Waals surface area contributed by atoms with Crippen LogP contribution in [0.15, 0.2) is 8.26 Å². The first-order valence-electron chi connectivity index (χ1n) is 2.31. The molecule has 0 aromatic carbocycles. The molecule has 1 aromatic heterocycles. The van der Waals surface area contributed by atoms with Gasteiger partial charge >= 0.3 is 6.18 Å². The van der Waals surface area contributed by atoms with E-state index in [1.807, 2.05) is 0 Å². The van der Waals surface area contributed by atoms with Crippen molar-refractivity contribution in [2.24, 2.45) is 0 Å². The smallest absolute Gasteiger partial charge is 0.186 e. The van der Waals surface area contributed by atoms with Crippen LogP contribution in [0.5, 0.6) is 0 Å². The zero-order chi connectivity index (χ0) is 8.65. The molecule has 0 aliphatic rings. The summed E-state index contributed by atoms with van der Waals surface area (Å²) >= 11 is 6.44. The normalized spacial score (nSPS) is 12.1. The van der Waals surface area contributed by atoms with E-state index in [9.17, 15) is 13.2 Å². The minimum absolute atomic E-state index is 0.0324. The number of nitrogens with zero attached hydrogens (tertiary/aromatic N) is 1. The van der Waals surface area contributed by atoms with Gasteiger partial charge in [-0.25, -0.2) is 0 Å². The van der Waals surface area contributed by atoms with Gasteiger partial charge in [-0.1, -0.05) is 0 Å². The maximum Gasteiger partial charge on any atom is 0.435 e.